The highest BCUT2D eigenvalue weighted by Gasteiger charge is 2.15. The van der Waals surface area contributed by atoms with E-state index in [0.29, 0.717) is 0 Å². The van der Waals surface area contributed by atoms with Crippen LogP contribution in [-0.4, -0.2) is 17.0 Å². The number of para-hydroxylation sites is 2. The Labute approximate surface area is 139 Å². The highest BCUT2D eigenvalue weighted by molar-refractivity contribution is 7.80. The van der Waals surface area contributed by atoms with Crippen molar-refractivity contribution in [1.82, 2.24) is 5.32 Å². The van der Waals surface area contributed by atoms with E-state index < -0.39 is 11.9 Å². The molecule has 6 heteroatoms. The molecule has 0 radical (unpaired) electrons. The molecule has 0 aliphatic carbocycles. The van der Waals surface area contributed by atoms with Crippen LogP contribution >= 0.6 is 12.2 Å². The second kappa shape index (κ2) is 7.51. The number of esters is 1. The fourth-order valence-corrected chi connectivity index (χ4v) is 2.14. The van der Waals surface area contributed by atoms with Gasteiger partial charge in [-0.2, -0.15) is 0 Å². The van der Waals surface area contributed by atoms with Gasteiger partial charge in [0.15, 0.2) is 5.11 Å². The Bertz CT molecular complexity index is 759. The molecule has 118 valence electrons. The molecule has 0 spiro atoms. The van der Waals surface area contributed by atoms with Crippen molar-refractivity contribution in [3.05, 3.63) is 59.7 Å². The number of nitrogens with one attached hydrogen (secondary N) is 2. The van der Waals surface area contributed by atoms with Crippen molar-refractivity contribution < 1.29 is 14.3 Å². The van der Waals surface area contributed by atoms with Gasteiger partial charge in [-0.25, -0.2) is 0 Å². The van der Waals surface area contributed by atoms with Gasteiger partial charge in [0.2, 0.25) is 0 Å². The number of benzene rings is 2. The van der Waals surface area contributed by atoms with Crippen LogP contribution in [0.3, 0.4) is 0 Å². The topological polar surface area (TPSA) is 67.4 Å². The van der Waals surface area contributed by atoms with Crippen molar-refractivity contribution >= 4 is 34.9 Å². The number of hydrogen-bond acceptors (Lipinski definition) is 4. The summed E-state index contributed by atoms with van der Waals surface area (Å²) in [6, 6.07) is 14.0. The van der Waals surface area contributed by atoms with E-state index in [1.54, 1.807) is 24.3 Å². The Kier molecular flexibility index (Phi) is 5.43. The molecule has 0 fully saturated rings. The molecule has 0 bridgehead atoms. The molecule has 2 N–H and O–H groups in total. The van der Waals surface area contributed by atoms with Crippen molar-refractivity contribution in [2.75, 3.05) is 5.32 Å². The van der Waals surface area contributed by atoms with Crippen LogP contribution in [0.1, 0.15) is 22.8 Å². The third-order valence-corrected chi connectivity index (χ3v) is 3.21. The van der Waals surface area contributed by atoms with Gasteiger partial charge in [-0.1, -0.05) is 30.3 Å². The van der Waals surface area contributed by atoms with Gasteiger partial charge in [0.25, 0.3) is 5.91 Å². The van der Waals surface area contributed by atoms with Crippen LogP contribution in [0.5, 0.6) is 5.75 Å². The molecule has 23 heavy (non-hydrogen) atoms. The lowest BCUT2D eigenvalue weighted by molar-refractivity contribution is -0.131. The van der Waals surface area contributed by atoms with E-state index in [-0.39, 0.29) is 16.4 Å². The Morgan fingerprint density at radius 2 is 1.70 bits per heavy atom. The first-order valence-corrected chi connectivity index (χ1v) is 7.33. The first-order chi connectivity index (χ1) is 11.0. The molecule has 5 nitrogen and oxygen atoms in total. The van der Waals surface area contributed by atoms with Gasteiger partial charge in [0, 0.05) is 12.6 Å². The lowest BCUT2D eigenvalue weighted by atomic mass is 10.2. The van der Waals surface area contributed by atoms with Crippen molar-refractivity contribution in [3.8, 4) is 5.75 Å². The lowest BCUT2D eigenvalue weighted by Crippen LogP contribution is -2.34. The minimum absolute atomic E-state index is 0.168. The van der Waals surface area contributed by atoms with Gasteiger partial charge >= 0.3 is 5.97 Å². The molecule has 1 amide bonds. The molecule has 0 aliphatic rings. The fourth-order valence-electron chi connectivity index (χ4n) is 1.94. The highest BCUT2D eigenvalue weighted by atomic mass is 32.1. The average molecular weight is 328 g/mol. The van der Waals surface area contributed by atoms with Gasteiger partial charge in [0.05, 0.1) is 5.56 Å². The third kappa shape index (κ3) is 4.62. The van der Waals surface area contributed by atoms with Gasteiger partial charge in [-0.3, -0.25) is 14.9 Å². The molecule has 0 heterocycles. The molecular weight excluding hydrogens is 312 g/mol. The SMILES string of the molecule is CC(=O)Oc1ccccc1C(=O)NC(=S)Nc1ccccc1C. The molecule has 0 aliphatic heterocycles. The summed E-state index contributed by atoms with van der Waals surface area (Å²) in [6.45, 7) is 3.21. The van der Waals surface area contributed by atoms with Crippen LogP contribution in [0.4, 0.5) is 5.69 Å². The maximum Gasteiger partial charge on any atom is 0.308 e. The van der Waals surface area contributed by atoms with Crippen molar-refractivity contribution in [1.29, 1.82) is 0 Å². The van der Waals surface area contributed by atoms with Crippen LogP contribution in [0.25, 0.3) is 0 Å². The maximum absolute atomic E-state index is 12.3. The van der Waals surface area contributed by atoms with Crippen LogP contribution in [0, 0.1) is 6.92 Å². The van der Waals surface area contributed by atoms with Gasteiger partial charge < -0.3 is 10.1 Å². The first kappa shape index (κ1) is 16.6. The zero-order valence-electron chi connectivity index (χ0n) is 12.8. The maximum atomic E-state index is 12.3. The van der Waals surface area contributed by atoms with Gasteiger partial charge in [-0.05, 0) is 42.9 Å². The predicted octanol–water partition coefficient (Wildman–Crippen LogP) is 3.05. The summed E-state index contributed by atoms with van der Waals surface area (Å²) >= 11 is 5.15. The Morgan fingerprint density at radius 1 is 1.04 bits per heavy atom. The monoisotopic (exact) mass is 328 g/mol. The number of thiocarbonyl (C=S) groups is 1. The van der Waals surface area contributed by atoms with Crippen LogP contribution < -0.4 is 15.4 Å². The van der Waals surface area contributed by atoms with Crippen molar-refractivity contribution in [3.63, 3.8) is 0 Å². The van der Waals surface area contributed by atoms with Crippen molar-refractivity contribution in [2.45, 2.75) is 13.8 Å². The number of amides is 1. The number of carbonyl (C=O) groups excluding carboxylic acids is 2. The van der Waals surface area contributed by atoms with Crippen LogP contribution in [-0.2, 0) is 4.79 Å². The fraction of sp³-hybridized carbons (Fsp3) is 0.118. The summed E-state index contributed by atoms with van der Waals surface area (Å²) in [4.78, 5) is 23.4. The number of rotatable bonds is 3. The van der Waals surface area contributed by atoms with E-state index >= 15 is 0 Å². The second-order valence-electron chi connectivity index (χ2n) is 4.81. The molecule has 0 aromatic heterocycles. The summed E-state index contributed by atoms with van der Waals surface area (Å²) in [5.74, 6) is -0.755. The number of carbonyl (C=O) groups is 2. The summed E-state index contributed by atoms with van der Waals surface area (Å²) in [5.41, 5.74) is 2.05. The quantitative estimate of drug-likeness (QED) is 0.515. The molecular formula is C17H16N2O3S. The van der Waals surface area contributed by atoms with E-state index in [0.717, 1.165) is 11.3 Å². The smallest absolute Gasteiger partial charge is 0.308 e. The molecule has 2 aromatic carbocycles. The number of ether oxygens (including phenoxy) is 1. The molecule has 0 unspecified atom stereocenters. The van der Waals surface area contributed by atoms with Gasteiger partial charge in [0.1, 0.15) is 5.75 Å². The van der Waals surface area contributed by atoms with E-state index in [4.69, 9.17) is 17.0 Å². The van der Waals surface area contributed by atoms with Crippen molar-refractivity contribution in [2.24, 2.45) is 0 Å². The minimum atomic E-state index is -0.495. The summed E-state index contributed by atoms with van der Waals surface area (Å²) in [7, 11) is 0. The first-order valence-electron chi connectivity index (χ1n) is 6.93. The summed E-state index contributed by atoms with van der Waals surface area (Å²) in [5, 5.41) is 5.71. The Hall–Kier alpha value is -2.73. The highest BCUT2D eigenvalue weighted by Crippen LogP contribution is 2.18. The zero-order chi connectivity index (χ0) is 16.8. The molecule has 0 saturated heterocycles. The van der Waals surface area contributed by atoms with E-state index in [1.165, 1.54) is 6.92 Å². The average Bonchev–Trinajstić information content (AvgIpc) is 2.49. The molecule has 0 atom stereocenters. The zero-order valence-corrected chi connectivity index (χ0v) is 13.6. The van der Waals surface area contributed by atoms with Crippen LogP contribution in [0.15, 0.2) is 48.5 Å². The van der Waals surface area contributed by atoms with Gasteiger partial charge in [-0.15, -0.1) is 0 Å². The third-order valence-electron chi connectivity index (χ3n) is 3.01. The minimum Gasteiger partial charge on any atom is -0.426 e. The Balaban J connectivity index is 2.09. The molecule has 0 saturated carbocycles. The molecule has 2 aromatic rings. The van der Waals surface area contributed by atoms with E-state index in [1.807, 2.05) is 31.2 Å². The second-order valence-corrected chi connectivity index (χ2v) is 5.22. The Morgan fingerprint density at radius 3 is 2.39 bits per heavy atom. The largest absolute Gasteiger partial charge is 0.426 e. The number of anilines is 1. The summed E-state index contributed by atoms with van der Waals surface area (Å²) < 4.78 is 5.02. The molecule has 2 rings (SSSR count). The summed E-state index contributed by atoms with van der Waals surface area (Å²) in [6.07, 6.45) is 0. The number of hydrogen-bond donors (Lipinski definition) is 2. The normalized spacial score (nSPS) is 9.83. The van der Waals surface area contributed by atoms with E-state index in [2.05, 4.69) is 10.6 Å². The number of aryl methyl sites for hydroxylation is 1. The van der Waals surface area contributed by atoms with Crippen LogP contribution in [0.2, 0.25) is 0 Å². The standard InChI is InChI=1S/C17H16N2O3S/c1-11-7-3-5-9-14(11)18-17(23)19-16(21)13-8-4-6-10-15(13)22-12(2)20/h3-10H,1-2H3,(H2,18,19,21,23). The predicted molar refractivity (Wildman–Crippen MR) is 92.6 cm³/mol. The lowest BCUT2D eigenvalue weighted by Gasteiger charge is -2.13. The van der Waals surface area contributed by atoms with E-state index in [9.17, 15) is 9.59 Å².